The second-order valence-electron chi connectivity index (χ2n) is 5.06. The zero-order valence-corrected chi connectivity index (χ0v) is 12.6. The van der Waals surface area contributed by atoms with E-state index >= 15 is 0 Å². The van der Waals surface area contributed by atoms with Crippen molar-refractivity contribution in [2.45, 2.75) is 39.2 Å². The van der Waals surface area contributed by atoms with Crippen LogP contribution in [0.25, 0.3) is 0 Å². The molecule has 0 spiro atoms. The van der Waals surface area contributed by atoms with Crippen LogP contribution in [0.3, 0.4) is 0 Å². The third kappa shape index (κ3) is 3.45. The summed E-state index contributed by atoms with van der Waals surface area (Å²) in [5.74, 6) is 1.02. The van der Waals surface area contributed by atoms with E-state index in [4.69, 9.17) is 0 Å². The monoisotopic (exact) mass is 272 g/mol. The van der Waals surface area contributed by atoms with Gasteiger partial charge in [-0.25, -0.2) is 4.98 Å². The predicted molar refractivity (Wildman–Crippen MR) is 81.6 cm³/mol. The van der Waals surface area contributed by atoms with E-state index in [9.17, 15) is 0 Å². The fourth-order valence-corrected chi connectivity index (χ4v) is 2.49. The molecule has 4 nitrogen and oxygen atoms in total. The maximum atomic E-state index is 4.36. The normalized spacial score (nSPS) is 12.6. The lowest BCUT2D eigenvalue weighted by Crippen LogP contribution is -2.26. The zero-order chi connectivity index (χ0) is 14.4. The Morgan fingerprint density at radius 2 is 2.05 bits per heavy atom. The fraction of sp³-hybridized carbons (Fsp3) is 0.500. The van der Waals surface area contributed by atoms with Crippen molar-refractivity contribution in [3.05, 3.63) is 47.5 Å². The Kier molecular flexibility index (Phi) is 5.30. The van der Waals surface area contributed by atoms with E-state index in [1.165, 1.54) is 11.1 Å². The molecule has 0 amide bonds. The number of nitrogens with one attached hydrogen (secondary N) is 1. The SMILES string of the molecule is CCCNC(Cc1ncnn1C)c1ccccc1CC. The summed E-state index contributed by atoms with van der Waals surface area (Å²) in [6.07, 6.45) is 4.67. The Bertz CT molecular complexity index is 533. The van der Waals surface area contributed by atoms with Crippen molar-refractivity contribution in [1.29, 1.82) is 0 Å². The van der Waals surface area contributed by atoms with Gasteiger partial charge in [-0.3, -0.25) is 4.68 Å². The van der Waals surface area contributed by atoms with Gasteiger partial charge in [0.25, 0.3) is 0 Å². The molecule has 4 heteroatoms. The van der Waals surface area contributed by atoms with E-state index < -0.39 is 0 Å². The summed E-state index contributed by atoms with van der Waals surface area (Å²) in [5.41, 5.74) is 2.79. The van der Waals surface area contributed by atoms with Gasteiger partial charge in [0, 0.05) is 19.5 Å². The van der Waals surface area contributed by atoms with Gasteiger partial charge in [-0.1, -0.05) is 38.1 Å². The highest BCUT2D eigenvalue weighted by Crippen LogP contribution is 2.22. The molecule has 108 valence electrons. The van der Waals surface area contributed by atoms with Crippen LogP contribution in [0.4, 0.5) is 0 Å². The Hall–Kier alpha value is -1.68. The molecule has 0 fully saturated rings. The first kappa shape index (κ1) is 14.7. The van der Waals surface area contributed by atoms with Gasteiger partial charge < -0.3 is 5.32 Å². The smallest absolute Gasteiger partial charge is 0.138 e. The Labute approximate surface area is 121 Å². The van der Waals surface area contributed by atoms with Gasteiger partial charge in [0.15, 0.2) is 0 Å². The molecule has 1 aromatic carbocycles. The van der Waals surface area contributed by atoms with Crippen LogP contribution in [-0.4, -0.2) is 21.3 Å². The highest BCUT2D eigenvalue weighted by Gasteiger charge is 2.16. The van der Waals surface area contributed by atoms with E-state index in [1.807, 2.05) is 11.7 Å². The molecule has 0 aliphatic carbocycles. The van der Waals surface area contributed by atoms with E-state index in [2.05, 4.69) is 53.5 Å². The van der Waals surface area contributed by atoms with Crippen LogP contribution < -0.4 is 5.32 Å². The van der Waals surface area contributed by atoms with Gasteiger partial charge in [-0.15, -0.1) is 0 Å². The average Bonchev–Trinajstić information content (AvgIpc) is 2.88. The van der Waals surface area contributed by atoms with Crippen LogP contribution in [0.5, 0.6) is 0 Å². The van der Waals surface area contributed by atoms with Crippen LogP contribution in [0, 0.1) is 0 Å². The first-order chi connectivity index (χ1) is 9.76. The lowest BCUT2D eigenvalue weighted by molar-refractivity contribution is 0.503. The van der Waals surface area contributed by atoms with Gasteiger partial charge >= 0.3 is 0 Å². The summed E-state index contributed by atoms with van der Waals surface area (Å²) in [4.78, 5) is 4.36. The first-order valence-electron chi connectivity index (χ1n) is 7.40. The molecule has 1 heterocycles. The topological polar surface area (TPSA) is 42.7 Å². The number of aryl methyl sites for hydroxylation is 2. The molecule has 0 radical (unpaired) electrons. The molecule has 2 rings (SSSR count). The number of aromatic nitrogens is 3. The van der Waals surface area contributed by atoms with Crippen LogP contribution in [-0.2, 0) is 19.9 Å². The summed E-state index contributed by atoms with van der Waals surface area (Å²) in [6, 6.07) is 8.97. The van der Waals surface area contributed by atoms with Crippen LogP contribution >= 0.6 is 0 Å². The maximum Gasteiger partial charge on any atom is 0.138 e. The summed E-state index contributed by atoms with van der Waals surface area (Å²) < 4.78 is 1.86. The Balaban J connectivity index is 2.24. The average molecular weight is 272 g/mol. The molecule has 0 bridgehead atoms. The highest BCUT2D eigenvalue weighted by molar-refractivity contribution is 5.30. The van der Waals surface area contributed by atoms with Crippen molar-refractivity contribution in [1.82, 2.24) is 20.1 Å². The largest absolute Gasteiger partial charge is 0.310 e. The maximum absolute atomic E-state index is 4.36. The predicted octanol–water partition coefficient (Wildman–Crippen LogP) is 2.66. The summed E-state index contributed by atoms with van der Waals surface area (Å²) >= 11 is 0. The molecule has 1 aromatic heterocycles. The van der Waals surface area contributed by atoms with Crippen LogP contribution in [0.15, 0.2) is 30.6 Å². The van der Waals surface area contributed by atoms with Crippen molar-refractivity contribution in [3.63, 3.8) is 0 Å². The van der Waals surface area contributed by atoms with Gasteiger partial charge in [0.05, 0.1) is 0 Å². The highest BCUT2D eigenvalue weighted by atomic mass is 15.3. The quantitative estimate of drug-likeness (QED) is 0.842. The second kappa shape index (κ2) is 7.20. The van der Waals surface area contributed by atoms with Gasteiger partial charge in [0.2, 0.25) is 0 Å². The molecule has 1 unspecified atom stereocenters. The molecule has 0 aliphatic heterocycles. The summed E-state index contributed by atoms with van der Waals surface area (Å²) in [6.45, 7) is 5.41. The minimum absolute atomic E-state index is 0.300. The van der Waals surface area contributed by atoms with E-state index in [0.29, 0.717) is 6.04 Å². The first-order valence-corrected chi connectivity index (χ1v) is 7.40. The van der Waals surface area contributed by atoms with E-state index in [-0.39, 0.29) is 0 Å². The van der Waals surface area contributed by atoms with E-state index in [0.717, 1.165) is 31.6 Å². The molecular formula is C16H24N4. The van der Waals surface area contributed by atoms with Gasteiger partial charge in [-0.05, 0) is 30.5 Å². The number of nitrogens with zero attached hydrogens (tertiary/aromatic N) is 3. The van der Waals surface area contributed by atoms with Crippen molar-refractivity contribution < 1.29 is 0 Å². The van der Waals surface area contributed by atoms with E-state index in [1.54, 1.807) is 6.33 Å². The lowest BCUT2D eigenvalue weighted by Gasteiger charge is -2.21. The third-order valence-corrected chi connectivity index (χ3v) is 3.64. The number of hydrogen-bond donors (Lipinski definition) is 1. The van der Waals surface area contributed by atoms with Crippen LogP contribution in [0.2, 0.25) is 0 Å². The number of rotatable bonds is 7. The molecule has 0 saturated heterocycles. The zero-order valence-electron chi connectivity index (χ0n) is 12.6. The van der Waals surface area contributed by atoms with Crippen molar-refractivity contribution in [3.8, 4) is 0 Å². The molecule has 1 N–H and O–H groups in total. The second-order valence-corrected chi connectivity index (χ2v) is 5.06. The van der Waals surface area contributed by atoms with Crippen LogP contribution in [0.1, 0.15) is 43.3 Å². The number of benzene rings is 1. The summed E-state index contributed by atoms with van der Waals surface area (Å²) in [7, 11) is 1.95. The Morgan fingerprint density at radius 3 is 2.70 bits per heavy atom. The lowest BCUT2D eigenvalue weighted by atomic mass is 9.96. The molecule has 2 aromatic rings. The van der Waals surface area contributed by atoms with Crippen molar-refractivity contribution in [2.75, 3.05) is 6.54 Å². The molecule has 0 saturated carbocycles. The minimum atomic E-state index is 0.300. The van der Waals surface area contributed by atoms with Gasteiger partial charge in [0.1, 0.15) is 12.2 Å². The standard InChI is InChI=1S/C16H24N4/c1-4-10-17-15(11-16-18-12-19-20(16)3)14-9-7-6-8-13(14)5-2/h6-9,12,15,17H,4-5,10-11H2,1-3H3. The number of hydrogen-bond acceptors (Lipinski definition) is 3. The molecule has 1 atom stereocenters. The third-order valence-electron chi connectivity index (χ3n) is 3.64. The molecule has 0 aliphatic rings. The van der Waals surface area contributed by atoms with Crippen molar-refractivity contribution >= 4 is 0 Å². The minimum Gasteiger partial charge on any atom is -0.310 e. The molecule has 20 heavy (non-hydrogen) atoms. The van der Waals surface area contributed by atoms with Gasteiger partial charge in [-0.2, -0.15) is 5.10 Å². The van der Waals surface area contributed by atoms with Crippen molar-refractivity contribution in [2.24, 2.45) is 7.05 Å². The Morgan fingerprint density at radius 1 is 1.25 bits per heavy atom. The fourth-order valence-electron chi connectivity index (χ4n) is 2.49. The molecular weight excluding hydrogens is 248 g/mol. The summed E-state index contributed by atoms with van der Waals surface area (Å²) in [5, 5.41) is 7.81.